The number of hydrogen-bond donors (Lipinski definition) is 1. The van der Waals surface area contributed by atoms with Crippen molar-refractivity contribution in [2.75, 3.05) is 24.8 Å². The summed E-state index contributed by atoms with van der Waals surface area (Å²) in [5, 5.41) is 2.85. The third-order valence-corrected chi connectivity index (χ3v) is 4.34. The lowest BCUT2D eigenvalue weighted by Crippen LogP contribution is -2.12. The van der Waals surface area contributed by atoms with Crippen molar-refractivity contribution in [1.82, 2.24) is 0 Å². The molecule has 5 heteroatoms. The molecule has 0 aliphatic rings. The summed E-state index contributed by atoms with van der Waals surface area (Å²) in [6.07, 6.45) is 0. The topological polar surface area (TPSA) is 55.4 Å². The normalized spacial score (nSPS) is 11.9. The van der Waals surface area contributed by atoms with Crippen LogP contribution in [-0.2, 0) is 21.3 Å². The highest BCUT2D eigenvalue weighted by atomic mass is 32.2. The molecule has 1 atom stereocenters. The number of carbonyl (C=O) groups excluding carboxylic acids is 1. The van der Waals surface area contributed by atoms with E-state index in [1.54, 1.807) is 19.2 Å². The highest BCUT2D eigenvalue weighted by molar-refractivity contribution is 7.84. The van der Waals surface area contributed by atoms with Gasteiger partial charge in [-0.05, 0) is 29.8 Å². The second kappa shape index (κ2) is 8.46. The molecule has 2 aromatic rings. The van der Waals surface area contributed by atoms with Gasteiger partial charge in [0, 0.05) is 40.7 Å². The number of anilines is 1. The zero-order valence-electron chi connectivity index (χ0n) is 12.5. The fourth-order valence-electron chi connectivity index (χ4n) is 1.97. The van der Waals surface area contributed by atoms with Gasteiger partial charge in [-0.25, -0.2) is 0 Å². The van der Waals surface area contributed by atoms with Crippen LogP contribution in [0.3, 0.4) is 0 Å². The number of ether oxygens (including phenoxy) is 1. The van der Waals surface area contributed by atoms with Crippen molar-refractivity contribution in [3.8, 4) is 0 Å². The molecule has 0 saturated carbocycles. The molecule has 0 radical (unpaired) electrons. The average molecular weight is 317 g/mol. The molecular formula is C17H19NO3S. The second-order valence-corrected chi connectivity index (χ2v) is 6.38. The van der Waals surface area contributed by atoms with Crippen molar-refractivity contribution in [1.29, 1.82) is 0 Å². The summed E-state index contributed by atoms with van der Waals surface area (Å²) in [4.78, 5) is 12.1. The van der Waals surface area contributed by atoms with E-state index >= 15 is 0 Å². The molecule has 1 unspecified atom stereocenters. The smallest absolute Gasteiger partial charge is 0.255 e. The predicted octanol–water partition coefficient (Wildman–Crippen LogP) is 2.83. The van der Waals surface area contributed by atoms with Gasteiger partial charge in [0.2, 0.25) is 0 Å². The molecule has 1 N–H and O–H groups in total. The fourth-order valence-corrected chi connectivity index (χ4v) is 3.01. The molecule has 0 fully saturated rings. The van der Waals surface area contributed by atoms with Gasteiger partial charge in [-0.3, -0.25) is 9.00 Å². The Morgan fingerprint density at radius 1 is 1.14 bits per heavy atom. The number of methoxy groups -OCH3 is 1. The third-order valence-electron chi connectivity index (χ3n) is 3.06. The number of benzene rings is 2. The van der Waals surface area contributed by atoms with Gasteiger partial charge in [-0.15, -0.1) is 0 Å². The minimum Gasteiger partial charge on any atom is -0.384 e. The molecular weight excluding hydrogens is 298 g/mol. The summed E-state index contributed by atoms with van der Waals surface area (Å²) in [6, 6.07) is 16.5. The van der Waals surface area contributed by atoms with Gasteiger partial charge in [0.15, 0.2) is 0 Å². The Morgan fingerprint density at radius 3 is 2.64 bits per heavy atom. The molecule has 22 heavy (non-hydrogen) atoms. The van der Waals surface area contributed by atoms with E-state index in [0.717, 1.165) is 5.56 Å². The van der Waals surface area contributed by atoms with Gasteiger partial charge in [0.1, 0.15) is 0 Å². The number of carbonyl (C=O) groups is 1. The molecule has 0 heterocycles. The fraction of sp³-hybridized carbons (Fsp3) is 0.235. The summed E-state index contributed by atoms with van der Waals surface area (Å²) in [5.74, 6) is 0.813. The Bertz CT molecular complexity index is 643. The quantitative estimate of drug-likeness (QED) is 0.854. The Hall–Kier alpha value is -1.98. The SMILES string of the molecule is COCCS(=O)Cc1cccc(NC(=O)c2ccccc2)c1. The van der Waals surface area contributed by atoms with E-state index in [4.69, 9.17) is 4.74 Å². The molecule has 0 aliphatic carbocycles. The van der Waals surface area contributed by atoms with Gasteiger partial charge in [0.05, 0.1) is 6.61 Å². The van der Waals surface area contributed by atoms with E-state index in [1.165, 1.54) is 0 Å². The van der Waals surface area contributed by atoms with Gasteiger partial charge >= 0.3 is 0 Å². The van der Waals surface area contributed by atoms with E-state index in [-0.39, 0.29) is 5.91 Å². The van der Waals surface area contributed by atoms with E-state index in [9.17, 15) is 9.00 Å². The molecule has 0 saturated heterocycles. The average Bonchev–Trinajstić information content (AvgIpc) is 2.54. The minimum atomic E-state index is -0.966. The van der Waals surface area contributed by atoms with Gasteiger partial charge in [-0.2, -0.15) is 0 Å². The van der Waals surface area contributed by atoms with Crippen LogP contribution < -0.4 is 5.32 Å². The molecule has 0 aromatic heterocycles. The Morgan fingerprint density at radius 2 is 1.91 bits per heavy atom. The lowest BCUT2D eigenvalue weighted by Gasteiger charge is -2.08. The summed E-state index contributed by atoms with van der Waals surface area (Å²) in [6.45, 7) is 0.483. The highest BCUT2D eigenvalue weighted by Gasteiger charge is 2.07. The number of hydrogen-bond acceptors (Lipinski definition) is 3. The number of rotatable bonds is 7. The van der Waals surface area contributed by atoms with Crippen molar-refractivity contribution in [2.24, 2.45) is 0 Å². The van der Waals surface area contributed by atoms with Crippen molar-refractivity contribution in [3.63, 3.8) is 0 Å². The first-order chi connectivity index (χ1) is 10.7. The third kappa shape index (κ3) is 5.09. The lowest BCUT2D eigenvalue weighted by atomic mass is 10.2. The first kappa shape index (κ1) is 16.4. The van der Waals surface area contributed by atoms with Crippen LogP contribution in [0.15, 0.2) is 54.6 Å². The predicted molar refractivity (Wildman–Crippen MR) is 89.4 cm³/mol. The van der Waals surface area contributed by atoms with Crippen LogP contribution in [0, 0.1) is 0 Å². The summed E-state index contributed by atoms with van der Waals surface area (Å²) >= 11 is 0. The van der Waals surface area contributed by atoms with E-state index in [1.807, 2.05) is 42.5 Å². The molecule has 0 spiro atoms. The molecule has 2 rings (SSSR count). The zero-order valence-corrected chi connectivity index (χ0v) is 13.3. The van der Waals surface area contributed by atoms with Crippen LogP contribution in [0.2, 0.25) is 0 Å². The van der Waals surface area contributed by atoms with E-state index in [0.29, 0.717) is 29.4 Å². The van der Waals surface area contributed by atoms with Gasteiger partial charge in [-0.1, -0.05) is 30.3 Å². The molecule has 2 aromatic carbocycles. The largest absolute Gasteiger partial charge is 0.384 e. The van der Waals surface area contributed by atoms with Gasteiger partial charge in [0.25, 0.3) is 5.91 Å². The van der Waals surface area contributed by atoms with Crippen LogP contribution in [0.25, 0.3) is 0 Å². The molecule has 4 nitrogen and oxygen atoms in total. The maximum Gasteiger partial charge on any atom is 0.255 e. The Kier molecular flexibility index (Phi) is 6.30. The van der Waals surface area contributed by atoms with Crippen molar-refractivity contribution in [2.45, 2.75) is 5.75 Å². The van der Waals surface area contributed by atoms with Crippen LogP contribution >= 0.6 is 0 Å². The van der Waals surface area contributed by atoms with E-state index < -0.39 is 10.8 Å². The molecule has 0 bridgehead atoms. The minimum absolute atomic E-state index is 0.154. The monoisotopic (exact) mass is 317 g/mol. The van der Waals surface area contributed by atoms with Crippen LogP contribution in [0.4, 0.5) is 5.69 Å². The zero-order chi connectivity index (χ0) is 15.8. The maximum atomic E-state index is 12.1. The van der Waals surface area contributed by atoms with E-state index in [2.05, 4.69) is 5.32 Å². The molecule has 116 valence electrons. The Balaban J connectivity index is 1.99. The van der Waals surface area contributed by atoms with Crippen molar-refractivity contribution < 1.29 is 13.7 Å². The molecule has 0 aliphatic heterocycles. The van der Waals surface area contributed by atoms with Crippen LogP contribution in [0.5, 0.6) is 0 Å². The number of amides is 1. The first-order valence-corrected chi connectivity index (χ1v) is 8.47. The van der Waals surface area contributed by atoms with Crippen molar-refractivity contribution >= 4 is 22.4 Å². The second-order valence-electron chi connectivity index (χ2n) is 4.80. The van der Waals surface area contributed by atoms with Crippen LogP contribution in [-0.4, -0.2) is 29.6 Å². The van der Waals surface area contributed by atoms with Gasteiger partial charge < -0.3 is 10.1 Å². The standard InChI is InChI=1S/C17H19NO3S/c1-21-10-11-22(20)13-14-6-5-9-16(12-14)18-17(19)15-7-3-2-4-8-15/h2-9,12H,10-11,13H2,1H3,(H,18,19). The molecule has 1 amide bonds. The van der Waals surface area contributed by atoms with Crippen LogP contribution in [0.1, 0.15) is 15.9 Å². The summed E-state index contributed by atoms with van der Waals surface area (Å²) in [5.41, 5.74) is 2.24. The summed E-state index contributed by atoms with van der Waals surface area (Å²) < 4.78 is 16.8. The highest BCUT2D eigenvalue weighted by Crippen LogP contribution is 2.14. The number of nitrogens with one attached hydrogen (secondary N) is 1. The lowest BCUT2D eigenvalue weighted by molar-refractivity contribution is 0.102. The first-order valence-electron chi connectivity index (χ1n) is 6.98. The summed E-state index contributed by atoms with van der Waals surface area (Å²) in [7, 11) is 0.629. The van der Waals surface area contributed by atoms with Crippen molar-refractivity contribution in [3.05, 3.63) is 65.7 Å². The maximum absolute atomic E-state index is 12.1. The Labute approximate surface area is 133 Å².